The molecule has 0 radical (unpaired) electrons. The van der Waals surface area contributed by atoms with Gasteiger partial charge in [0.15, 0.2) is 11.4 Å². The Kier molecular flexibility index (Phi) is 5.65. The molecule has 0 atom stereocenters. The molecule has 4 saturated carbocycles. The molecule has 4 aliphatic carbocycles. The molecule has 5 aliphatic rings. The maximum absolute atomic E-state index is 15.1. The first-order chi connectivity index (χ1) is 18.4. The molecular formula is C30H31F2N3O3. The average Bonchev–Trinajstić information content (AvgIpc) is 2.88. The highest BCUT2D eigenvalue weighted by Crippen LogP contribution is 2.61. The lowest BCUT2D eigenvalue weighted by molar-refractivity contribution is -0.0524. The van der Waals surface area contributed by atoms with Crippen molar-refractivity contribution in [1.82, 2.24) is 9.55 Å². The molecule has 0 unspecified atom stereocenters. The minimum Gasteiger partial charge on any atom is -0.378 e. The van der Waals surface area contributed by atoms with E-state index in [4.69, 9.17) is 9.72 Å². The summed E-state index contributed by atoms with van der Waals surface area (Å²) in [6.45, 7) is 2.43. The summed E-state index contributed by atoms with van der Waals surface area (Å²) in [4.78, 5) is 34.3. The molecule has 1 aliphatic heterocycles. The second kappa shape index (κ2) is 8.97. The number of benzene rings is 1. The number of aromatic nitrogens is 2. The summed E-state index contributed by atoms with van der Waals surface area (Å²) in [6.07, 6.45) is 8.78. The van der Waals surface area contributed by atoms with Crippen LogP contribution in [0.15, 0.2) is 41.3 Å². The number of ketones is 1. The van der Waals surface area contributed by atoms with Crippen LogP contribution in [0.25, 0.3) is 16.7 Å². The average molecular weight is 520 g/mol. The maximum atomic E-state index is 15.1. The van der Waals surface area contributed by atoms with Crippen molar-refractivity contribution in [2.24, 2.45) is 23.2 Å². The van der Waals surface area contributed by atoms with Crippen LogP contribution in [0, 0.1) is 34.8 Å². The fraction of sp³-hybridized carbons (Fsp3) is 0.500. The van der Waals surface area contributed by atoms with Gasteiger partial charge in [0.25, 0.3) is 0 Å². The number of nitrogens with zero attached hydrogens (tertiary/aromatic N) is 3. The standard InChI is InChI=1S/C30H31F2N3O3/c31-21-1-3-25(24(32)12-21)35-17-23(26(36)16-30-13-18-9-19(14-30)11-20(10-18)15-30)28(37)22-2-4-27(33-29(22)35)34-5-7-38-8-6-34/h1-4,12,17-20H,5-11,13-16H2. The Balaban J connectivity index is 1.33. The van der Waals surface area contributed by atoms with Crippen molar-refractivity contribution >= 4 is 22.6 Å². The van der Waals surface area contributed by atoms with Gasteiger partial charge in [0.2, 0.25) is 5.43 Å². The van der Waals surface area contributed by atoms with Crippen molar-refractivity contribution in [3.63, 3.8) is 0 Å². The molecule has 2 aromatic heterocycles. The van der Waals surface area contributed by atoms with E-state index in [-0.39, 0.29) is 38.9 Å². The van der Waals surface area contributed by atoms with Gasteiger partial charge in [0.05, 0.1) is 29.9 Å². The number of pyridine rings is 2. The van der Waals surface area contributed by atoms with Crippen LogP contribution in [0.4, 0.5) is 14.6 Å². The van der Waals surface area contributed by atoms with Crippen molar-refractivity contribution in [3.05, 3.63) is 63.9 Å². The third-order valence-corrected chi connectivity index (χ3v) is 9.34. The summed E-state index contributed by atoms with van der Waals surface area (Å²) in [5, 5.41) is 0.252. The van der Waals surface area contributed by atoms with E-state index < -0.39 is 11.6 Å². The molecule has 38 heavy (non-hydrogen) atoms. The van der Waals surface area contributed by atoms with E-state index in [1.807, 2.05) is 4.90 Å². The van der Waals surface area contributed by atoms with E-state index in [1.54, 1.807) is 12.1 Å². The quantitative estimate of drug-likeness (QED) is 0.429. The summed E-state index contributed by atoms with van der Waals surface area (Å²) in [6, 6.07) is 6.75. The smallest absolute Gasteiger partial charge is 0.201 e. The highest BCUT2D eigenvalue weighted by Gasteiger charge is 2.51. The van der Waals surface area contributed by atoms with Crippen molar-refractivity contribution in [2.45, 2.75) is 44.9 Å². The second-order valence-electron chi connectivity index (χ2n) is 12.0. The van der Waals surface area contributed by atoms with Gasteiger partial charge in [-0.15, -0.1) is 0 Å². The molecule has 0 amide bonds. The summed E-state index contributed by atoms with van der Waals surface area (Å²) < 4.78 is 35.7. The van der Waals surface area contributed by atoms with Gasteiger partial charge in [0.1, 0.15) is 17.5 Å². The molecule has 3 heterocycles. The molecule has 1 saturated heterocycles. The number of hydrogen-bond donors (Lipinski definition) is 0. The number of ether oxygens (including phenoxy) is 1. The fourth-order valence-electron chi connectivity index (χ4n) is 8.16. The first kappa shape index (κ1) is 23.9. The van der Waals surface area contributed by atoms with Crippen LogP contribution < -0.4 is 10.3 Å². The lowest BCUT2D eigenvalue weighted by Crippen LogP contribution is -2.47. The minimum atomic E-state index is -0.784. The van der Waals surface area contributed by atoms with E-state index in [0.717, 1.165) is 25.3 Å². The van der Waals surface area contributed by atoms with Crippen LogP contribution in [0.5, 0.6) is 0 Å². The first-order valence-corrected chi connectivity index (χ1v) is 13.8. The van der Waals surface area contributed by atoms with Crippen molar-refractivity contribution in [2.75, 3.05) is 31.2 Å². The molecule has 8 heteroatoms. The summed E-state index contributed by atoms with van der Waals surface area (Å²) in [7, 11) is 0. The van der Waals surface area contributed by atoms with Gasteiger partial charge in [-0.3, -0.25) is 14.2 Å². The Bertz CT molecular complexity index is 1460. The Morgan fingerprint density at radius 3 is 2.34 bits per heavy atom. The van der Waals surface area contributed by atoms with E-state index in [1.165, 1.54) is 42.2 Å². The third-order valence-electron chi connectivity index (χ3n) is 9.34. The highest BCUT2D eigenvalue weighted by molar-refractivity contribution is 5.99. The van der Waals surface area contributed by atoms with Gasteiger partial charge in [-0.1, -0.05) is 0 Å². The number of fused-ring (bicyclic) bond motifs is 1. The molecule has 8 rings (SSSR count). The third kappa shape index (κ3) is 4.04. The van der Waals surface area contributed by atoms with E-state index >= 15 is 4.39 Å². The van der Waals surface area contributed by atoms with E-state index in [9.17, 15) is 14.0 Å². The Morgan fingerprint density at radius 2 is 1.68 bits per heavy atom. The molecule has 5 fully saturated rings. The molecule has 1 aromatic carbocycles. The predicted octanol–water partition coefficient (Wildman–Crippen LogP) is 5.29. The molecule has 198 valence electrons. The van der Waals surface area contributed by atoms with Crippen molar-refractivity contribution in [1.29, 1.82) is 0 Å². The number of halogens is 2. The molecule has 0 N–H and O–H groups in total. The predicted molar refractivity (Wildman–Crippen MR) is 140 cm³/mol. The van der Waals surface area contributed by atoms with Crippen LogP contribution in [-0.4, -0.2) is 41.6 Å². The lowest BCUT2D eigenvalue weighted by Gasteiger charge is -2.56. The van der Waals surface area contributed by atoms with Crippen LogP contribution >= 0.6 is 0 Å². The fourth-order valence-corrected chi connectivity index (χ4v) is 8.16. The maximum Gasteiger partial charge on any atom is 0.201 e. The first-order valence-electron chi connectivity index (χ1n) is 13.8. The van der Waals surface area contributed by atoms with Gasteiger partial charge >= 0.3 is 0 Å². The van der Waals surface area contributed by atoms with Gasteiger partial charge in [-0.25, -0.2) is 13.8 Å². The van der Waals surface area contributed by atoms with Crippen molar-refractivity contribution < 1.29 is 18.3 Å². The Hall–Kier alpha value is -3.13. The van der Waals surface area contributed by atoms with Gasteiger partial charge < -0.3 is 9.64 Å². The number of rotatable bonds is 5. The molecule has 4 bridgehead atoms. The number of hydrogen-bond acceptors (Lipinski definition) is 5. The summed E-state index contributed by atoms with van der Waals surface area (Å²) >= 11 is 0. The Labute approximate surface area is 219 Å². The summed E-state index contributed by atoms with van der Waals surface area (Å²) in [5.74, 6) is 1.05. The van der Waals surface area contributed by atoms with Crippen LogP contribution in [0.1, 0.15) is 55.3 Å². The molecule has 6 nitrogen and oxygen atoms in total. The topological polar surface area (TPSA) is 64.4 Å². The zero-order valence-electron chi connectivity index (χ0n) is 21.3. The number of Topliss-reactive ketones (excluding diaryl/α,β-unsaturated/α-hetero) is 1. The number of carbonyl (C=O) groups is 1. The molecular weight excluding hydrogens is 488 g/mol. The SMILES string of the molecule is O=C(CC12CC3CC(CC(C3)C1)C2)c1cn(-c2ccc(F)cc2F)c2nc(N3CCOCC3)ccc2c1=O. The lowest BCUT2D eigenvalue weighted by atomic mass is 9.48. The van der Waals surface area contributed by atoms with Crippen LogP contribution in [0.2, 0.25) is 0 Å². The normalized spacial score (nSPS) is 28.3. The molecule has 0 spiro atoms. The zero-order chi connectivity index (χ0) is 26.0. The van der Waals surface area contributed by atoms with Gasteiger partial charge in [-0.05, 0) is 86.0 Å². The zero-order valence-corrected chi connectivity index (χ0v) is 21.3. The van der Waals surface area contributed by atoms with E-state index in [2.05, 4.69) is 0 Å². The van der Waals surface area contributed by atoms with Gasteiger partial charge in [-0.2, -0.15) is 0 Å². The van der Waals surface area contributed by atoms with E-state index in [0.29, 0.717) is 56.3 Å². The highest BCUT2D eigenvalue weighted by atomic mass is 19.1. The number of anilines is 1. The number of carbonyl (C=O) groups excluding carboxylic acids is 1. The summed E-state index contributed by atoms with van der Waals surface area (Å²) in [5.41, 5.74) is -0.0624. The Morgan fingerprint density at radius 1 is 1.00 bits per heavy atom. The van der Waals surface area contributed by atoms with Crippen LogP contribution in [-0.2, 0) is 4.74 Å². The second-order valence-corrected chi connectivity index (χ2v) is 12.0. The number of morpholine rings is 1. The monoisotopic (exact) mass is 519 g/mol. The minimum absolute atomic E-state index is 0.0301. The molecule has 3 aromatic rings. The largest absolute Gasteiger partial charge is 0.378 e. The van der Waals surface area contributed by atoms with Crippen LogP contribution in [0.3, 0.4) is 0 Å². The van der Waals surface area contributed by atoms with Crippen molar-refractivity contribution in [3.8, 4) is 5.69 Å². The van der Waals surface area contributed by atoms with Gasteiger partial charge in [0, 0.05) is 31.8 Å².